The largest absolute Gasteiger partial charge is 0.481 e. The lowest BCUT2D eigenvalue weighted by molar-refractivity contribution is -0.136. The molecule has 35 heavy (non-hydrogen) atoms. The van der Waals surface area contributed by atoms with Crippen molar-refractivity contribution in [2.24, 2.45) is 0 Å². The Morgan fingerprint density at radius 2 is 2.20 bits per heavy atom. The number of carbonyl (C=O) groups is 1. The zero-order valence-electron chi connectivity index (χ0n) is 20.8. The summed E-state index contributed by atoms with van der Waals surface area (Å²) >= 11 is 1.59. The van der Waals surface area contributed by atoms with Gasteiger partial charge in [-0.1, -0.05) is 25.5 Å². The fourth-order valence-corrected chi connectivity index (χ4v) is 5.70. The van der Waals surface area contributed by atoms with Crippen molar-refractivity contribution in [2.75, 3.05) is 26.4 Å². The van der Waals surface area contributed by atoms with Gasteiger partial charge in [0.15, 0.2) is 0 Å². The summed E-state index contributed by atoms with van der Waals surface area (Å²) in [5, 5.41) is 24.9. The second kappa shape index (κ2) is 14.0. The maximum atomic E-state index is 13.9. The van der Waals surface area contributed by atoms with Crippen molar-refractivity contribution in [3.05, 3.63) is 57.0 Å². The van der Waals surface area contributed by atoms with Crippen molar-refractivity contribution in [3.63, 3.8) is 0 Å². The van der Waals surface area contributed by atoms with E-state index in [9.17, 15) is 14.3 Å². The molecule has 1 unspecified atom stereocenters. The molecule has 0 spiro atoms. The minimum Gasteiger partial charge on any atom is -0.481 e. The normalized spacial score (nSPS) is 18.1. The van der Waals surface area contributed by atoms with Gasteiger partial charge in [-0.25, -0.2) is 4.39 Å². The third kappa shape index (κ3) is 8.65. The van der Waals surface area contributed by atoms with Crippen LogP contribution in [0.15, 0.2) is 29.6 Å². The van der Waals surface area contributed by atoms with Crippen LogP contribution in [0, 0.1) is 12.7 Å². The van der Waals surface area contributed by atoms with Crippen molar-refractivity contribution < 1.29 is 24.1 Å². The van der Waals surface area contributed by atoms with Crippen LogP contribution in [-0.4, -0.2) is 59.6 Å². The topological polar surface area (TPSA) is 82.0 Å². The van der Waals surface area contributed by atoms with Crippen LogP contribution in [0.1, 0.15) is 66.7 Å². The van der Waals surface area contributed by atoms with Gasteiger partial charge < -0.3 is 20.3 Å². The smallest absolute Gasteiger partial charge is 0.303 e. The number of likely N-dealkylation sites (tertiary alicyclic amines) is 1. The number of carboxylic acids is 1. The number of aryl methyl sites for hydroxylation is 2. The van der Waals surface area contributed by atoms with Crippen LogP contribution in [0.4, 0.5) is 4.39 Å². The van der Waals surface area contributed by atoms with Crippen LogP contribution >= 0.6 is 11.3 Å². The number of nitrogens with one attached hydrogen (secondary N) is 1. The molecule has 6 nitrogen and oxygen atoms in total. The molecule has 3 rings (SSSR count). The number of thiophene rings is 1. The quantitative estimate of drug-likeness (QED) is 0.325. The highest BCUT2D eigenvalue weighted by Gasteiger charge is 2.25. The summed E-state index contributed by atoms with van der Waals surface area (Å²) in [6.07, 6.45) is 4.64. The Morgan fingerprint density at radius 1 is 1.37 bits per heavy atom. The Labute approximate surface area is 212 Å². The van der Waals surface area contributed by atoms with E-state index in [0.717, 1.165) is 54.7 Å². The molecule has 1 aliphatic heterocycles. The van der Waals surface area contributed by atoms with E-state index in [0.29, 0.717) is 31.2 Å². The standard InChI is InChI=1S/C27H39FN2O4S/c1-3-5-25(27-21(11-13-35-27)9-10-26(32)33)34-17-23(31)16-29-18-30-12-4-6-22(30)14-20-8-7-19(2)24(28)15-20/h7-8,11,13,15,22-23,25,29,31H,3-6,9-10,12,14,16-18H2,1-2H3,(H,32,33)/t22-,23+,25?/m0/s1. The van der Waals surface area contributed by atoms with Gasteiger partial charge in [0, 0.05) is 30.6 Å². The van der Waals surface area contributed by atoms with E-state index in [-0.39, 0.29) is 24.9 Å². The first kappa shape index (κ1) is 27.7. The predicted octanol–water partition coefficient (Wildman–Crippen LogP) is 4.69. The molecule has 8 heteroatoms. The fraction of sp³-hybridized carbons (Fsp3) is 0.593. The average Bonchev–Trinajstić information content (AvgIpc) is 3.47. The molecule has 1 fully saturated rings. The average molecular weight is 507 g/mol. The molecule has 1 saturated heterocycles. The summed E-state index contributed by atoms with van der Waals surface area (Å²) in [7, 11) is 0. The van der Waals surface area contributed by atoms with Gasteiger partial charge in [-0.05, 0) is 79.8 Å². The lowest BCUT2D eigenvalue weighted by Gasteiger charge is -2.26. The second-order valence-corrected chi connectivity index (χ2v) is 10.4. The number of halogens is 1. The third-order valence-electron chi connectivity index (χ3n) is 6.62. The van der Waals surface area contributed by atoms with Gasteiger partial charge in [-0.15, -0.1) is 11.3 Å². The third-order valence-corrected chi connectivity index (χ3v) is 7.67. The maximum Gasteiger partial charge on any atom is 0.303 e. The zero-order chi connectivity index (χ0) is 25.2. The lowest BCUT2D eigenvalue weighted by atomic mass is 10.0. The molecule has 0 amide bonds. The number of aliphatic hydroxyl groups is 1. The number of ether oxygens (including phenoxy) is 1. The molecule has 0 bridgehead atoms. The van der Waals surface area contributed by atoms with Crippen LogP contribution in [0.25, 0.3) is 0 Å². The highest BCUT2D eigenvalue weighted by atomic mass is 32.1. The van der Waals surface area contributed by atoms with Crippen molar-refractivity contribution in [2.45, 2.75) is 77.0 Å². The van der Waals surface area contributed by atoms with Gasteiger partial charge in [0.25, 0.3) is 0 Å². The molecule has 2 heterocycles. The number of benzene rings is 1. The lowest BCUT2D eigenvalue weighted by Crippen LogP contribution is -2.42. The molecule has 1 aromatic carbocycles. The molecule has 2 aromatic rings. The maximum absolute atomic E-state index is 13.9. The molecule has 3 N–H and O–H groups in total. The van der Waals surface area contributed by atoms with E-state index in [1.807, 2.05) is 23.6 Å². The van der Waals surface area contributed by atoms with Crippen molar-refractivity contribution in [1.82, 2.24) is 10.2 Å². The molecule has 194 valence electrons. The molecule has 1 aromatic heterocycles. The highest BCUT2D eigenvalue weighted by molar-refractivity contribution is 7.10. The molecule has 0 saturated carbocycles. The number of aliphatic hydroxyl groups excluding tert-OH is 1. The molecule has 0 aliphatic carbocycles. The van der Waals surface area contributed by atoms with Gasteiger partial charge >= 0.3 is 5.97 Å². The van der Waals surface area contributed by atoms with E-state index in [2.05, 4.69) is 17.1 Å². The number of nitrogens with zero attached hydrogens (tertiary/aromatic N) is 1. The van der Waals surface area contributed by atoms with Crippen LogP contribution in [0.2, 0.25) is 0 Å². The molecular weight excluding hydrogens is 467 g/mol. The number of hydrogen-bond acceptors (Lipinski definition) is 6. The van der Waals surface area contributed by atoms with Gasteiger partial charge in [0.1, 0.15) is 5.82 Å². The summed E-state index contributed by atoms with van der Waals surface area (Å²) in [5.41, 5.74) is 2.72. The summed E-state index contributed by atoms with van der Waals surface area (Å²) in [6, 6.07) is 7.85. The second-order valence-electron chi connectivity index (χ2n) is 9.48. The predicted molar refractivity (Wildman–Crippen MR) is 137 cm³/mol. The Balaban J connectivity index is 1.43. The fourth-order valence-electron chi connectivity index (χ4n) is 4.66. The zero-order valence-corrected chi connectivity index (χ0v) is 21.7. The van der Waals surface area contributed by atoms with E-state index in [1.165, 1.54) is 0 Å². The monoisotopic (exact) mass is 506 g/mol. The number of aliphatic carboxylic acids is 1. The summed E-state index contributed by atoms with van der Waals surface area (Å²) in [4.78, 5) is 14.4. The molecule has 0 radical (unpaired) electrons. The van der Waals surface area contributed by atoms with Gasteiger partial charge in [0.05, 0.1) is 18.8 Å². The van der Waals surface area contributed by atoms with E-state index < -0.39 is 12.1 Å². The first-order chi connectivity index (χ1) is 16.9. The summed E-state index contributed by atoms with van der Waals surface area (Å²) < 4.78 is 20.0. The number of carboxylic acid groups (broad SMARTS) is 1. The van der Waals surface area contributed by atoms with Gasteiger partial charge in [0.2, 0.25) is 0 Å². The highest BCUT2D eigenvalue weighted by Crippen LogP contribution is 2.32. The van der Waals surface area contributed by atoms with E-state index in [4.69, 9.17) is 9.84 Å². The van der Waals surface area contributed by atoms with Crippen LogP contribution in [0.5, 0.6) is 0 Å². The van der Waals surface area contributed by atoms with Crippen LogP contribution < -0.4 is 5.32 Å². The van der Waals surface area contributed by atoms with E-state index >= 15 is 0 Å². The summed E-state index contributed by atoms with van der Waals surface area (Å²) in [6.45, 7) is 6.20. The Hall–Kier alpha value is -1.84. The molecule has 1 aliphatic rings. The minimum absolute atomic E-state index is 0.103. The van der Waals surface area contributed by atoms with Crippen molar-refractivity contribution >= 4 is 17.3 Å². The Kier molecular flexibility index (Phi) is 11.1. The molecular formula is C27H39FN2O4S. The Bertz CT molecular complexity index is 938. The van der Waals surface area contributed by atoms with Crippen LogP contribution in [0.3, 0.4) is 0 Å². The minimum atomic E-state index is -0.803. The first-order valence-electron chi connectivity index (χ1n) is 12.6. The first-order valence-corrected chi connectivity index (χ1v) is 13.5. The van der Waals surface area contributed by atoms with Gasteiger partial charge in [-0.3, -0.25) is 9.69 Å². The molecule has 3 atom stereocenters. The number of hydrogen-bond donors (Lipinski definition) is 3. The van der Waals surface area contributed by atoms with Crippen LogP contribution in [-0.2, 0) is 22.4 Å². The SMILES string of the molecule is CCCC(OC[C@H](O)CNCN1CCC[C@H]1Cc1ccc(C)c(F)c1)c1sccc1CCC(=O)O. The van der Waals surface area contributed by atoms with Crippen molar-refractivity contribution in [3.8, 4) is 0 Å². The number of rotatable bonds is 15. The van der Waals surface area contributed by atoms with Gasteiger partial charge in [-0.2, -0.15) is 0 Å². The van der Waals surface area contributed by atoms with Crippen molar-refractivity contribution in [1.29, 1.82) is 0 Å². The van der Waals surface area contributed by atoms with E-state index in [1.54, 1.807) is 24.3 Å². The summed E-state index contributed by atoms with van der Waals surface area (Å²) in [5.74, 6) is -0.950. The Morgan fingerprint density at radius 3 is 2.94 bits per heavy atom.